The number of aryl methyl sites for hydroxylation is 2. The molecule has 0 aliphatic heterocycles. The first kappa shape index (κ1) is 15.0. The highest BCUT2D eigenvalue weighted by Gasteiger charge is 2.21. The zero-order chi connectivity index (χ0) is 15.7. The van der Waals surface area contributed by atoms with Crippen molar-refractivity contribution in [1.82, 2.24) is 14.5 Å². The highest BCUT2D eigenvalue weighted by atomic mass is 16.1. The number of rotatable bonds is 3. The lowest BCUT2D eigenvalue weighted by atomic mass is 9.95. The molecule has 0 saturated heterocycles. The quantitative estimate of drug-likeness (QED) is 0.944. The summed E-state index contributed by atoms with van der Waals surface area (Å²) in [7, 11) is 0. The Bertz CT molecular complexity index is 744. The van der Waals surface area contributed by atoms with Crippen molar-refractivity contribution >= 4 is 17.0 Å². The van der Waals surface area contributed by atoms with E-state index in [-0.39, 0.29) is 11.6 Å². The van der Waals surface area contributed by atoms with Crippen LogP contribution in [0.5, 0.6) is 0 Å². The van der Waals surface area contributed by atoms with Gasteiger partial charge >= 0.3 is 0 Å². The van der Waals surface area contributed by atoms with Crippen LogP contribution < -0.4 is 10.9 Å². The topological polar surface area (TPSA) is 59.8 Å². The summed E-state index contributed by atoms with van der Waals surface area (Å²) in [6.07, 6.45) is 5.79. The van der Waals surface area contributed by atoms with Crippen molar-refractivity contribution in [3.63, 3.8) is 0 Å². The van der Waals surface area contributed by atoms with Crippen molar-refractivity contribution in [2.24, 2.45) is 0 Å². The van der Waals surface area contributed by atoms with E-state index in [1.54, 1.807) is 0 Å². The summed E-state index contributed by atoms with van der Waals surface area (Å²) in [6, 6.07) is 2.20. The van der Waals surface area contributed by atoms with Gasteiger partial charge in [-0.25, -0.2) is 4.98 Å². The monoisotopic (exact) mass is 300 g/mol. The molecule has 2 heterocycles. The van der Waals surface area contributed by atoms with Gasteiger partial charge in [0.15, 0.2) is 0 Å². The van der Waals surface area contributed by atoms with Crippen molar-refractivity contribution in [3.8, 4) is 0 Å². The molecule has 2 aromatic heterocycles. The van der Waals surface area contributed by atoms with E-state index in [0.717, 1.165) is 41.7 Å². The molecule has 0 atom stereocenters. The molecule has 2 aromatic rings. The molecule has 1 aliphatic rings. The largest absolute Gasteiger partial charge is 0.354 e. The van der Waals surface area contributed by atoms with E-state index in [1.807, 2.05) is 31.4 Å². The van der Waals surface area contributed by atoms with Gasteiger partial charge in [0.05, 0.1) is 5.69 Å². The minimum atomic E-state index is 0.0972. The third-order valence-electron chi connectivity index (χ3n) is 4.54. The Balaban J connectivity index is 2.26. The van der Waals surface area contributed by atoms with Gasteiger partial charge in [0.1, 0.15) is 5.65 Å². The normalized spacial score (nSPS) is 16.1. The Labute approximate surface area is 130 Å². The van der Waals surface area contributed by atoms with Crippen LogP contribution in [0.15, 0.2) is 10.9 Å². The number of nitrogens with one attached hydrogen (secondary N) is 1. The van der Waals surface area contributed by atoms with Crippen molar-refractivity contribution in [2.45, 2.75) is 58.9 Å². The highest BCUT2D eigenvalue weighted by Crippen LogP contribution is 2.30. The molecule has 0 radical (unpaired) electrons. The van der Waals surface area contributed by atoms with Crippen LogP contribution in [0.2, 0.25) is 0 Å². The highest BCUT2D eigenvalue weighted by molar-refractivity contribution is 5.79. The molecule has 0 amide bonds. The van der Waals surface area contributed by atoms with Crippen LogP contribution >= 0.6 is 0 Å². The molecule has 1 N–H and O–H groups in total. The van der Waals surface area contributed by atoms with Crippen molar-refractivity contribution in [2.75, 3.05) is 11.9 Å². The Morgan fingerprint density at radius 3 is 2.64 bits per heavy atom. The van der Waals surface area contributed by atoms with E-state index >= 15 is 0 Å². The van der Waals surface area contributed by atoms with Crippen LogP contribution in [0, 0.1) is 13.8 Å². The van der Waals surface area contributed by atoms with Gasteiger partial charge in [-0.1, -0.05) is 19.3 Å². The third-order valence-corrected chi connectivity index (χ3v) is 4.54. The van der Waals surface area contributed by atoms with Crippen LogP contribution in [-0.2, 0) is 0 Å². The first-order valence-electron chi connectivity index (χ1n) is 8.26. The number of aromatic nitrogens is 3. The fraction of sp³-hybridized carbons (Fsp3) is 0.588. The molecule has 0 spiro atoms. The lowest BCUT2D eigenvalue weighted by Crippen LogP contribution is -2.29. The van der Waals surface area contributed by atoms with Gasteiger partial charge in [0.25, 0.3) is 5.56 Å². The zero-order valence-corrected chi connectivity index (χ0v) is 13.6. The van der Waals surface area contributed by atoms with Crippen LogP contribution in [0.4, 0.5) is 5.95 Å². The Kier molecular flexibility index (Phi) is 4.14. The second-order valence-electron chi connectivity index (χ2n) is 6.19. The van der Waals surface area contributed by atoms with Gasteiger partial charge in [-0.3, -0.25) is 9.36 Å². The summed E-state index contributed by atoms with van der Waals surface area (Å²) in [5.41, 5.74) is 2.58. The fourth-order valence-corrected chi connectivity index (χ4v) is 3.40. The molecular formula is C17H24N4O. The first-order valence-corrected chi connectivity index (χ1v) is 8.26. The molecule has 22 heavy (non-hydrogen) atoms. The molecule has 0 aromatic carbocycles. The molecule has 1 fully saturated rings. The summed E-state index contributed by atoms with van der Waals surface area (Å²) in [4.78, 5) is 21.9. The molecule has 0 unspecified atom stereocenters. The van der Waals surface area contributed by atoms with Gasteiger partial charge < -0.3 is 5.32 Å². The minimum Gasteiger partial charge on any atom is -0.354 e. The summed E-state index contributed by atoms with van der Waals surface area (Å²) in [6.45, 7) is 6.66. The van der Waals surface area contributed by atoms with E-state index < -0.39 is 0 Å². The van der Waals surface area contributed by atoms with E-state index in [0.29, 0.717) is 5.95 Å². The lowest BCUT2D eigenvalue weighted by molar-refractivity contribution is 0.352. The van der Waals surface area contributed by atoms with Gasteiger partial charge in [-0.2, -0.15) is 4.98 Å². The Hall–Kier alpha value is -1.91. The zero-order valence-electron chi connectivity index (χ0n) is 13.6. The van der Waals surface area contributed by atoms with Crippen molar-refractivity contribution < 1.29 is 0 Å². The third kappa shape index (κ3) is 2.60. The number of hydrogen-bond acceptors (Lipinski definition) is 4. The van der Waals surface area contributed by atoms with Crippen molar-refractivity contribution in [3.05, 3.63) is 27.7 Å². The van der Waals surface area contributed by atoms with Crippen LogP contribution in [0.1, 0.15) is 56.3 Å². The molecule has 118 valence electrons. The maximum absolute atomic E-state index is 12.7. The lowest BCUT2D eigenvalue weighted by Gasteiger charge is -2.25. The number of fused-ring (bicyclic) bond motifs is 1. The number of anilines is 1. The predicted octanol–water partition coefficient (Wildman–Crippen LogP) is 3.35. The Morgan fingerprint density at radius 1 is 1.23 bits per heavy atom. The van der Waals surface area contributed by atoms with E-state index in [9.17, 15) is 4.79 Å². The average molecular weight is 300 g/mol. The van der Waals surface area contributed by atoms with Gasteiger partial charge in [-0.05, 0) is 39.7 Å². The van der Waals surface area contributed by atoms with Crippen LogP contribution in [-0.4, -0.2) is 21.1 Å². The van der Waals surface area contributed by atoms with E-state index in [1.165, 1.54) is 19.3 Å². The average Bonchev–Trinajstić information content (AvgIpc) is 2.51. The molecular weight excluding hydrogens is 276 g/mol. The summed E-state index contributed by atoms with van der Waals surface area (Å²) >= 11 is 0. The molecule has 5 nitrogen and oxygen atoms in total. The van der Waals surface area contributed by atoms with Gasteiger partial charge in [0, 0.05) is 23.5 Å². The first-order chi connectivity index (χ1) is 10.6. The maximum Gasteiger partial charge on any atom is 0.255 e. The number of nitrogens with zero attached hydrogens (tertiary/aromatic N) is 3. The smallest absolute Gasteiger partial charge is 0.255 e. The second-order valence-corrected chi connectivity index (χ2v) is 6.19. The SMILES string of the molecule is CCNc1nc(C)c2cc(C)c(=O)n(C3CCCCC3)c2n1. The second kappa shape index (κ2) is 6.07. The predicted molar refractivity (Wildman–Crippen MR) is 89.6 cm³/mol. The standard InChI is InChI=1S/C17H24N4O/c1-4-18-17-19-12(3)14-10-11(2)16(22)21(15(14)20-17)13-8-6-5-7-9-13/h10,13H,4-9H2,1-3H3,(H,18,19,20). The fourth-order valence-electron chi connectivity index (χ4n) is 3.40. The van der Waals surface area contributed by atoms with Gasteiger partial charge in [0.2, 0.25) is 5.95 Å². The summed E-state index contributed by atoms with van der Waals surface area (Å²) < 4.78 is 1.93. The summed E-state index contributed by atoms with van der Waals surface area (Å²) in [5, 5.41) is 4.16. The van der Waals surface area contributed by atoms with Crippen molar-refractivity contribution in [1.29, 1.82) is 0 Å². The molecule has 0 bridgehead atoms. The minimum absolute atomic E-state index is 0.0972. The van der Waals surface area contributed by atoms with E-state index in [4.69, 9.17) is 0 Å². The number of pyridine rings is 1. The maximum atomic E-state index is 12.7. The molecule has 1 aliphatic carbocycles. The van der Waals surface area contributed by atoms with Crippen LogP contribution in [0.25, 0.3) is 11.0 Å². The Morgan fingerprint density at radius 2 is 1.95 bits per heavy atom. The van der Waals surface area contributed by atoms with Gasteiger partial charge in [-0.15, -0.1) is 0 Å². The van der Waals surface area contributed by atoms with Crippen LogP contribution in [0.3, 0.4) is 0 Å². The molecule has 1 saturated carbocycles. The molecule has 5 heteroatoms. The van der Waals surface area contributed by atoms with E-state index in [2.05, 4.69) is 15.3 Å². The molecule has 3 rings (SSSR count). The number of hydrogen-bond donors (Lipinski definition) is 1. The summed E-state index contributed by atoms with van der Waals surface area (Å²) in [5.74, 6) is 0.611.